The molecule has 0 saturated carbocycles. The number of hydrogen-bond donors (Lipinski definition) is 0. The normalized spacial score (nSPS) is 10.6. The molecule has 0 amide bonds. The molecule has 2 rings (SSSR count). The molecule has 0 saturated heterocycles. The standard InChI is InChI=1S/C17H20N2O/c1-11-9-12(2)17(13(3)10-11)15-7-8-18-16(19-15)6-5-14(4)20/h7-10H,5-6H2,1-4H3. The predicted molar refractivity (Wildman–Crippen MR) is 80.7 cm³/mol. The first-order valence-electron chi connectivity index (χ1n) is 6.87. The van der Waals surface area contributed by atoms with Gasteiger partial charge in [0.2, 0.25) is 0 Å². The summed E-state index contributed by atoms with van der Waals surface area (Å²) in [6, 6.07) is 6.27. The topological polar surface area (TPSA) is 42.9 Å². The van der Waals surface area contributed by atoms with E-state index in [1.54, 1.807) is 13.1 Å². The summed E-state index contributed by atoms with van der Waals surface area (Å²) in [5.74, 6) is 0.902. The van der Waals surface area contributed by atoms with Crippen LogP contribution in [0, 0.1) is 20.8 Å². The van der Waals surface area contributed by atoms with Crippen LogP contribution in [0.15, 0.2) is 24.4 Å². The van der Waals surface area contributed by atoms with Crippen molar-refractivity contribution in [2.24, 2.45) is 0 Å². The molecule has 2 aromatic rings. The van der Waals surface area contributed by atoms with Crippen LogP contribution in [0.25, 0.3) is 11.3 Å². The lowest BCUT2D eigenvalue weighted by Gasteiger charge is -2.11. The van der Waals surface area contributed by atoms with Crippen LogP contribution in [0.3, 0.4) is 0 Å². The summed E-state index contributed by atoms with van der Waals surface area (Å²) < 4.78 is 0. The lowest BCUT2D eigenvalue weighted by atomic mass is 9.97. The van der Waals surface area contributed by atoms with Gasteiger partial charge in [-0.25, -0.2) is 9.97 Å². The quantitative estimate of drug-likeness (QED) is 0.851. The molecule has 3 heteroatoms. The monoisotopic (exact) mass is 268 g/mol. The van der Waals surface area contributed by atoms with Gasteiger partial charge in [-0.1, -0.05) is 17.7 Å². The maximum atomic E-state index is 11.1. The number of Topliss-reactive ketones (excluding diaryl/α,β-unsaturated/α-hetero) is 1. The van der Waals surface area contributed by atoms with Gasteiger partial charge in [0.15, 0.2) is 0 Å². The van der Waals surface area contributed by atoms with Crippen LogP contribution < -0.4 is 0 Å². The molecule has 0 bridgehead atoms. The van der Waals surface area contributed by atoms with E-state index in [4.69, 9.17) is 0 Å². The Bertz CT molecular complexity index is 624. The van der Waals surface area contributed by atoms with E-state index >= 15 is 0 Å². The number of rotatable bonds is 4. The van der Waals surface area contributed by atoms with Crippen LogP contribution in [0.2, 0.25) is 0 Å². The summed E-state index contributed by atoms with van der Waals surface area (Å²) in [5.41, 5.74) is 5.81. The molecule has 0 N–H and O–H groups in total. The number of aryl methyl sites for hydroxylation is 4. The minimum absolute atomic E-state index is 0.168. The van der Waals surface area contributed by atoms with Gasteiger partial charge in [0.05, 0.1) is 5.69 Å². The van der Waals surface area contributed by atoms with E-state index in [0.717, 1.165) is 11.5 Å². The molecule has 1 heterocycles. The van der Waals surface area contributed by atoms with Crippen molar-refractivity contribution >= 4 is 5.78 Å². The Labute approximate surface area is 120 Å². The van der Waals surface area contributed by atoms with Gasteiger partial charge < -0.3 is 4.79 Å². The van der Waals surface area contributed by atoms with Crippen molar-refractivity contribution in [2.45, 2.75) is 40.5 Å². The summed E-state index contributed by atoms with van der Waals surface area (Å²) in [7, 11) is 0. The highest BCUT2D eigenvalue weighted by Crippen LogP contribution is 2.26. The van der Waals surface area contributed by atoms with E-state index in [1.165, 1.54) is 22.3 Å². The number of aromatic nitrogens is 2. The van der Waals surface area contributed by atoms with Gasteiger partial charge in [-0.3, -0.25) is 0 Å². The van der Waals surface area contributed by atoms with Crippen LogP contribution in [-0.4, -0.2) is 15.8 Å². The van der Waals surface area contributed by atoms with Crippen LogP contribution in [-0.2, 0) is 11.2 Å². The molecule has 1 aromatic heterocycles. The maximum absolute atomic E-state index is 11.1. The number of hydrogen-bond acceptors (Lipinski definition) is 3. The van der Waals surface area contributed by atoms with E-state index in [9.17, 15) is 4.79 Å². The Kier molecular flexibility index (Phi) is 4.28. The Morgan fingerprint density at radius 3 is 2.40 bits per heavy atom. The third-order valence-corrected chi connectivity index (χ3v) is 3.34. The second kappa shape index (κ2) is 5.95. The minimum Gasteiger partial charge on any atom is -0.300 e. The summed E-state index contributed by atoms with van der Waals surface area (Å²) in [6.07, 6.45) is 2.87. The van der Waals surface area contributed by atoms with Gasteiger partial charge in [0.25, 0.3) is 0 Å². The van der Waals surface area contributed by atoms with Crippen molar-refractivity contribution in [1.82, 2.24) is 9.97 Å². The highest BCUT2D eigenvalue weighted by molar-refractivity contribution is 5.75. The molecule has 3 nitrogen and oxygen atoms in total. The van der Waals surface area contributed by atoms with Crippen molar-refractivity contribution in [3.63, 3.8) is 0 Å². The summed E-state index contributed by atoms with van der Waals surface area (Å²) in [6.45, 7) is 7.90. The van der Waals surface area contributed by atoms with Crippen LogP contribution in [0.1, 0.15) is 35.9 Å². The Hall–Kier alpha value is -2.03. The van der Waals surface area contributed by atoms with Gasteiger partial charge in [-0.15, -0.1) is 0 Å². The molecule has 0 aliphatic heterocycles. The van der Waals surface area contributed by atoms with Crippen molar-refractivity contribution in [3.05, 3.63) is 46.9 Å². The van der Waals surface area contributed by atoms with E-state index in [1.807, 2.05) is 6.07 Å². The van der Waals surface area contributed by atoms with Gasteiger partial charge in [-0.05, 0) is 44.9 Å². The van der Waals surface area contributed by atoms with Crippen LogP contribution in [0.4, 0.5) is 0 Å². The average molecular weight is 268 g/mol. The smallest absolute Gasteiger partial charge is 0.130 e. The Morgan fingerprint density at radius 2 is 1.80 bits per heavy atom. The van der Waals surface area contributed by atoms with E-state index in [-0.39, 0.29) is 5.78 Å². The second-order valence-corrected chi connectivity index (χ2v) is 5.33. The first-order chi connectivity index (χ1) is 9.47. The first kappa shape index (κ1) is 14.4. The second-order valence-electron chi connectivity index (χ2n) is 5.33. The number of ketones is 1. The van der Waals surface area contributed by atoms with Crippen molar-refractivity contribution < 1.29 is 4.79 Å². The molecular formula is C17H20N2O. The number of carbonyl (C=O) groups is 1. The Balaban J connectivity index is 2.38. The predicted octanol–water partition coefficient (Wildman–Crippen LogP) is 3.59. The van der Waals surface area contributed by atoms with Crippen molar-refractivity contribution in [1.29, 1.82) is 0 Å². The van der Waals surface area contributed by atoms with Crippen molar-refractivity contribution in [3.8, 4) is 11.3 Å². The van der Waals surface area contributed by atoms with E-state index < -0.39 is 0 Å². The van der Waals surface area contributed by atoms with Crippen molar-refractivity contribution in [2.75, 3.05) is 0 Å². The molecule has 0 radical (unpaired) electrons. The lowest BCUT2D eigenvalue weighted by molar-refractivity contribution is -0.117. The molecule has 104 valence electrons. The molecule has 0 aliphatic carbocycles. The molecule has 0 aliphatic rings. The Morgan fingerprint density at radius 1 is 1.15 bits per heavy atom. The lowest BCUT2D eigenvalue weighted by Crippen LogP contribution is -2.01. The van der Waals surface area contributed by atoms with Crippen LogP contribution in [0.5, 0.6) is 0 Å². The van der Waals surface area contributed by atoms with Gasteiger partial charge >= 0.3 is 0 Å². The summed E-state index contributed by atoms with van der Waals surface area (Å²) in [5, 5.41) is 0. The highest BCUT2D eigenvalue weighted by atomic mass is 16.1. The average Bonchev–Trinajstić information content (AvgIpc) is 2.35. The third-order valence-electron chi connectivity index (χ3n) is 3.34. The van der Waals surface area contributed by atoms with Gasteiger partial charge in [0, 0.05) is 24.6 Å². The summed E-state index contributed by atoms with van der Waals surface area (Å²) in [4.78, 5) is 19.9. The van der Waals surface area contributed by atoms with E-state index in [0.29, 0.717) is 12.8 Å². The minimum atomic E-state index is 0.168. The zero-order chi connectivity index (χ0) is 14.7. The summed E-state index contributed by atoms with van der Waals surface area (Å²) >= 11 is 0. The fourth-order valence-electron chi connectivity index (χ4n) is 2.53. The molecule has 0 fully saturated rings. The van der Waals surface area contributed by atoms with Crippen LogP contribution >= 0.6 is 0 Å². The van der Waals surface area contributed by atoms with Gasteiger partial charge in [-0.2, -0.15) is 0 Å². The zero-order valence-corrected chi connectivity index (χ0v) is 12.5. The third kappa shape index (κ3) is 3.29. The SMILES string of the molecule is CC(=O)CCc1nccc(-c2c(C)cc(C)cc2C)n1. The largest absolute Gasteiger partial charge is 0.300 e. The highest BCUT2D eigenvalue weighted by Gasteiger charge is 2.09. The molecular weight excluding hydrogens is 248 g/mol. The first-order valence-corrected chi connectivity index (χ1v) is 6.87. The number of carbonyl (C=O) groups excluding carboxylic acids is 1. The maximum Gasteiger partial charge on any atom is 0.130 e. The fraction of sp³-hybridized carbons (Fsp3) is 0.353. The molecule has 20 heavy (non-hydrogen) atoms. The van der Waals surface area contributed by atoms with E-state index in [2.05, 4.69) is 42.9 Å². The zero-order valence-electron chi connectivity index (χ0n) is 12.5. The molecule has 0 spiro atoms. The molecule has 0 atom stereocenters. The molecule has 0 unspecified atom stereocenters. The number of benzene rings is 1. The van der Waals surface area contributed by atoms with Gasteiger partial charge in [0.1, 0.15) is 11.6 Å². The fourth-order valence-corrected chi connectivity index (χ4v) is 2.53. The number of nitrogens with zero attached hydrogens (tertiary/aromatic N) is 2. The molecule has 1 aromatic carbocycles.